The van der Waals surface area contributed by atoms with Crippen LogP contribution in [0, 0.1) is 0 Å². The van der Waals surface area contributed by atoms with Gasteiger partial charge in [-0.25, -0.2) is 0 Å². The van der Waals surface area contributed by atoms with Gasteiger partial charge in [0.15, 0.2) is 0 Å². The van der Waals surface area contributed by atoms with Crippen LogP contribution in [0.3, 0.4) is 0 Å². The average molecular weight is 280 g/mol. The topological polar surface area (TPSA) is 0 Å². The van der Waals surface area contributed by atoms with Crippen molar-refractivity contribution in [3.8, 4) is 0 Å². The molecule has 4 heteroatoms. The first-order valence-corrected chi connectivity index (χ1v) is 12.3. The summed E-state index contributed by atoms with van der Waals surface area (Å²) in [5.41, 5.74) is 0. The van der Waals surface area contributed by atoms with E-state index in [4.69, 9.17) is 0 Å². The van der Waals surface area contributed by atoms with Crippen LogP contribution in [0.4, 0.5) is 0 Å². The Morgan fingerprint density at radius 2 is 1.00 bits per heavy atom. The number of rotatable bonds is 0. The molecule has 0 aliphatic heterocycles. The van der Waals surface area contributed by atoms with Crippen LogP contribution >= 0.6 is 29.5 Å². The molecule has 0 spiro atoms. The van der Waals surface area contributed by atoms with Gasteiger partial charge in [-0.05, 0) is 0 Å². The Morgan fingerprint density at radius 1 is 1.00 bits per heavy atom. The molecular weight excluding hydrogens is 280 g/mol. The zero-order valence-corrected chi connectivity index (χ0v) is 7.02. The van der Waals surface area contributed by atoms with Crippen molar-refractivity contribution >= 4 is 29.5 Å². The predicted molar refractivity (Wildman–Crippen MR) is 22.8 cm³/mol. The molecule has 0 aliphatic carbocycles. The molecule has 0 saturated heterocycles. The first-order valence-electron chi connectivity index (χ1n) is 0.500. The third kappa shape index (κ3) is 10.2. The average Bonchev–Trinajstić information content (AvgIpc) is 0.811. The van der Waals surface area contributed by atoms with Crippen molar-refractivity contribution in [2.24, 2.45) is 0 Å². The van der Waals surface area contributed by atoms with Gasteiger partial charge < -0.3 is 0 Å². The van der Waals surface area contributed by atoms with E-state index in [1.165, 1.54) is 0 Å². The van der Waals surface area contributed by atoms with E-state index in [9.17, 15) is 0 Å². The molecule has 0 fully saturated rings. The molecule has 0 aliphatic rings. The molecule has 0 aromatic rings. The molecule has 0 amide bonds. The molecule has 4 heavy (non-hydrogen) atoms. The van der Waals surface area contributed by atoms with E-state index in [1.54, 1.807) is 0 Å². The molecule has 0 bridgehead atoms. The maximum atomic E-state index is 4.44. The van der Waals surface area contributed by atoms with Crippen LogP contribution in [0.2, 0.25) is 0 Å². The molecule has 0 N–H and O–H groups in total. The fraction of sp³-hybridized carbons (Fsp3) is 0. The summed E-state index contributed by atoms with van der Waals surface area (Å²) in [6, 6.07) is 0. The van der Waals surface area contributed by atoms with Gasteiger partial charge in [-0.3, -0.25) is 0 Å². The van der Waals surface area contributed by atoms with Crippen LogP contribution in [-0.2, 0) is 11.9 Å². The Balaban J connectivity index is 4.65. The van der Waals surface area contributed by atoms with E-state index >= 15 is 0 Å². The van der Waals surface area contributed by atoms with Crippen molar-refractivity contribution in [1.82, 2.24) is 0 Å². The van der Waals surface area contributed by atoms with Gasteiger partial charge in [0.1, 0.15) is 0 Å². The Morgan fingerprint density at radius 3 is 1.00 bits per heavy atom. The Kier molecular flexibility index (Phi) is 3.45. The fourth-order valence-corrected chi connectivity index (χ4v) is 0. The first kappa shape index (κ1) is 5.35. The summed E-state index contributed by atoms with van der Waals surface area (Å²) in [4.78, 5) is 0. The van der Waals surface area contributed by atoms with E-state index in [-0.39, 0.29) is 0 Å². The maximum absolute atomic E-state index is 4.44. The van der Waals surface area contributed by atoms with E-state index in [2.05, 4.69) is 29.5 Å². The Hall–Kier alpha value is 1.35. The second-order valence-electron chi connectivity index (χ2n) is 0.204. The van der Waals surface area contributed by atoms with Crippen LogP contribution in [0.25, 0.3) is 0 Å². The van der Waals surface area contributed by atoms with Gasteiger partial charge in [0.2, 0.25) is 0 Å². The molecule has 0 nitrogen and oxygen atoms in total. The minimum absolute atomic E-state index is 1.78. The summed E-state index contributed by atoms with van der Waals surface area (Å²) in [5, 5.41) is 0. The zero-order chi connectivity index (χ0) is 3.58. The van der Waals surface area contributed by atoms with Crippen LogP contribution < -0.4 is 0 Å². The van der Waals surface area contributed by atoms with E-state index < -0.39 is 11.9 Å². The summed E-state index contributed by atoms with van der Waals surface area (Å²) >= 11 is -1.78. The second-order valence-corrected chi connectivity index (χ2v) is 15.0. The van der Waals surface area contributed by atoms with Gasteiger partial charge in [0.25, 0.3) is 0 Å². The summed E-state index contributed by atoms with van der Waals surface area (Å²) < 4.78 is 0. The second kappa shape index (κ2) is 2.58. The molecule has 0 aromatic carbocycles. The SMILES string of the molecule is [S]=[W](=[S])=[S]. The minimum atomic E-state index is -1.78. The van der Waals surface area contributed by atoms with Crippen LogP contribution in [-0.4, -0.2) is 0 Å². The van der Waals surface area contributed by atoms with Crippen LogP contribution in [0.1, 0.15) is 0 Å². The van der Waals surface area contributed by atoms with E-state index in [0.717, 1.165) is 0 Å². The third-order valence-corrected chi connectivity index (χ3v) is 0. The Labute approximate surface area is 41.1 Å². The molecule has 24 valence electrons. The van der Waals surface area contributed by atoms with Gasteiger partial charge in [0, 0.05) is 0 Å². The van der Waals surface area contributed by atoms with Gasteiger partial charge in [-0.15, -0.1) is 0 Å². The van der Waals surface area contributed by atoms with Crippen molar-refractivity contribution in [2.45, 2.75) is 0 Å². The fourth-order valence-electron chi connectivity index (χ4n) is 0. The molecule has 0 saturated carbocycles. The molecule has 0 aromatic heterocycles. The first-order chi connectivity index (χ1) is 1.73. The Bertz CT molecular complexity index is 72.7. The van der Waals surface area contributed by atoms with Crippen LogP contribution in [0.15, 0.2) is 0 Å². The number of hydrogen-bond donors (Lipinski definition) is 0. The van der Waals surface area contributed by atoms with Gasteiger partial charge in [-0.2, -0.15) is 0 Å². The van der Waals surface area contributed by atoms with Gasteiger partial charge >= 0.3 is 41.3 Å². The summed E-state index contributed by atoms with van der Waals surface area (Å²) in [6.45, 7) is 0. The van der Waals surface area contributed by atoms with Crippen LogP contribution in [0.5, 0.6) is 0 Å². The van der Waals surface area contributed by atoms with Gasteiger partial charge in [0.05, 0.1) is 0 Å². The van der Waals surface area contributed by atoms with Crippen molar-refractivity contribution in [1.29, 1.82) is 0 Å². The molecule has 0 atom stereocenters. The predicted octanol–water partition coefficient (Wildman–Crippen LogP) is 1.94. The summed E-state index contributed by atoms with van der Waals surface area (Å²) in [6.07, 6.45) is 0. The molecular formula is S3W. The third-order valence-electron chi connectivity index (χ3n) is 0. The quantitative estimate of drug-likeness (QED) is 0.665. The zero-order valence-electron chi connectivity index (χ0n) is 1.63. The summed E-state index contributed by atoms with van der Waals surface area (Å²) in [5.74, 6) is 0. The monoisotopic (exact) mass is 280 g/mol. The van der Waals surface area contributed by atoms with Gasteiger partial charge in [-0.1, -0.05) is 0 Å². The van der Waals surface area contributed by atoms with Crippen molar-refractivity contribution in [3.63, 3.8) is 0 Å². The van der Waals surface area contributed by atoms with Crippen molar-refractivity contribution in [2.75, 3.05) is 0 Å². The standard InChI is InChI=1S/3S.W. The normalized spacial score (nSPS) is 6.00. The summed E-state index contributed by atoms with van der Waals surface area (Å²) in [7, 11) is 13.3. The van der Waals surface area contributed by atoms with Crippen molar-refractivity contribution in [3.05, 3.63) is 0 Å². The van der Waals surface area contributed by atoms with E-state index in [0.29, 0.717) is 0 Å². The molecule has 0 rings (SSSR count). The van der Waals surface area contributed by atoms with E-state index in [1.807, 2.05) is 0 Å². The van der Waals surface area contributed by atoms with Crippen molar-refractivity contribution < 1.29 is 11.9 Å². The number of hydrogen-bond acceptors (Lipinski definition) is 3. The molecule has 0 radical (unpaired) electrons. The molecule has 0 unspecified atom stereocenters. The molecule has 0 heterocycles.